The normalized spacial score (nSPS) is 11.8. The van der Waals surface area contributed by atoms with Gasteiger partial charge in [0.15, 0.2) is 5.82 Å². The summed E-state index contributed by atoms with van der Waals surface area (Å²) in [6.45, 7) is 3.46. The molecule has 1 aromatic heterocycles. The SMILES string of the molecule is C=CCC(Nc1nccn(C)c1=O)C(=O)O. The van der Waals surface area contributed by atoms with Crippen molar-refractivity contribution in [3.05, 3.63) is 35.4 Å². The van der Waals surface area contributed by atoms with Crippen LogP contribution in [0, 0.1) is 0 Å². The van der Waals surface area contributed by atoms with Gasteiger partial charge in [-0.2, -0.15) is 0 Å². The quantitative estimate of drug-likeness (QED) is 0.698. The van der Waals surface area contributed by atoms with Crippen LogP contribution in [0.25, 0.3) is 0 Å². The summed E-state index contributed by atoms with van der Waals surface area (Å²) in [5, 5.41) is 11.5. The average molecular weight is 223 g/mol. The molecule has 0 aliphatic carbocycles. The van der Waals surface area contributed by atoms with Gasteiger partial charge in [-0.05, 0) is 6.42 Å². The lowest BCUT2D eigenvalue weighted by atomic mass is 10.2. The summed E-state index contributed by atoms with van der Waals surface area (Å²) in [4.78, 5) is 26.2. The summed E-state index contributed by atoms with van der Waals surface area (Å²) < 4.78 is 1.32. The molecule has 6 nitrogen and oxygen atoms in total. The molecule has 0 amide bonds. The van der Waals surface area contributed by atoms with Crippen LogP contribution in [0.15, 0.2) is 29.8 Å². The number of hydrogen-bond acceptors (Lipinski definition) is 4. The van der Waals surface area contributed by atoms with Gasteiger partial charge in [0.05, 0.1) is 0 Å². The van der Waals surface area contributed by atoms with Crippen LogP contribution in [0.5, 0.6) is 0 Å². The van der Waals surface area contributed by atoms with Crippen molar-refractivity contribution in [3.63, 3.8) is 0 Å². The molecule has 2 N–H and O–H groups in total. The molecule has 16 heavy (non-hydrogen) atoms. The number of carbonyl (C=O) groups is 1. The minimum Gasteiger partial charge on any atom is -0.480 e. The van der Waals surface area contributed by atoms with Crippen molar-refractivity contribution in [1.29, 1.82) is 0 Å². The first-order chi connectivity index (χ1) is 7.56. The molecule has 0 bridgehead atoms. The molecular formula is C10H13N3O3. The van der Waals surface area contributed by atoms with Crippen molar-refractivity contribution in [2.24, 2.45) is 7.05 Å². The second kappa shape index (κ2) is 5.11. The number of carboxylic acid groups (broad SMARTS) is 1. The summed E-state index contributed by atoms with van der Waals surface area (Å²) in [5.41, 5.74) is -0.363. The van der Waals surface area contributed by atoms with E-state index in [2.05, 4.69) is 16.9 Å². The number of carboxylic acids is 1. The van der Waals surface area contributed by atoms with Crippen molar-refractivity contribution in [1.82, 2.24) is 9.55 Å². The first kappa shape index (κ1) is 12.0. The van der Waals surface area contributed by atoms with Crippen LogP contribution in [-0.4, -0.2) is 26.7 Å². The molecule has 0 aliphatic rings. The zero-order chi connectivity index (χ0) is 12.1. The van der Waals surface area contributed by atoms with Crippen LogP contribution in [0.1, 0.15) is 6.42 Å². The molecule has 86 valence electrons. The van der Waals surface area contributed by atoms with Gasteiger partial charge in [0.25, 0.3) is 5.56 Å². The second-order valence-electron chi connectivity index (χ2n) is 3.25. The highest BCUT2D eigenvalue weighted by Crippen LogP contribution is 2.01. The van der Waals surface area contributed by atoms with Gasteiger partial charge in [-0.3, -0.25) is 4.79 Å². The monoisotopic (exact) mass is 223 g/mol. The van der Waals surface area contributed by atoms with E-state index in [9.17, 15) is 9.59 Å². The van der Waals surface area contributed by atoms with Crippen LogP contribution < -0.4 is 10.9 Å². The zero-order valence-corrected chi connectivity index (χ0v) is 8.88. The fourth-order valence-corrected chi connectivity index (χ4v) is 1.15. The molecule has 0 fully saturated rings. The van der Waals surface area contributed by atoms with Crippen molar-refractivity contribution >= 4 is 11.8 Å². The Labute approximate surface area is 92.2 Å². The molecule has 0 aromatic carbocycles. The third kappa shape index (κ3) is 2.69. The molecular weight excluding hydrogens is 210 g/mol. The maximum atomic E-state index is 11.6. The summed E-state index contributed by atoms with van der Waals surface area (Å²) >= 11 is 0. The van der Waals surface area contributed by atoms with Gasteiger partial charge in [0.2, 0.25) is 0 Å². The van der Waals surface area contributed by atoms with Crippen LogP contribution >= 0.6 is 0 Å². The Morgan fingerprint density at radius 2 is 2.50 bits per heavy atom. The van der Waals surface area contributed by atoms with E-state index in [1.807, 2.05) is 0 Å². The number of nitrogens with zero attached hydrogens (tertiary/aromatic N) is 2. The number of aliphatic carboxylic acids is 1. The van der Waals surface area contributed by atoms with E-state index in [-0.39, 0.29) is 17.8 Å². The number of nitrogens with one attached hydrogen (secondary N) is 1. The first-order valence-corrected chi connectivity index (χ1v) is 4.68. The highest BCUT2D eigenvalue weighted by Gasteiger charge is 2.17. The van der Waals surface area contributed by atoms with Gasteiger partial charge < -0.3 is 15.0 Å². The molecule has 1 unspecified atom stereocenters. The van der Waals surface area contributed by atoms with E-state index in [1.54, 1.807) is 7.05 Å². The molecule has 1 aromatic rings. The Hall–Kier alpha value is -2.11. The maximum Gasteiger partial charge on any atom is 0.326 e. The minimum atomic E-state index is -1.05. The number of anilines is 1. The fourth-order valence-electron chi connectivity index (χ4n) is 1.15. The predicted octanol–water partition coefficient (Wildman–Crippen LogP) is 0.221. The molecule has 1 heterocycles. The number of aromatic nitrogens is 2. The van der Waals surface area contributed by atoms with Gasteiger partial charge in [-0.1, -0.05) is 6.08 Å². The highest BCUT2D eigenvalue weighted by atomic mass is 16.4. The Morgan fingerprint density at radius 3 is 3.06 bits per heavy atom. The summed E-state index contributed by atoms with van der Waals surface area (Å²) in [7, 11) is 1.57. The molecule has 6 heteroatoms. The van der Waals surface area contributed by atoms with Crippen molar-refractivity contribution in [3.8, 4) is 0 Å². The topological polar surface area (TPSA) is 84.2 Å². The lowest BCUT2D eigenvalue weighted by Gasteiger charge is -2.12. The molecule has 0 spiro atoms. The maximum absolute atomic E-state index is 11.6. The number of hydrogen-bond donors (Lipinski definition) is 2. The zero-order valence-electron chi connectivity index (χ0n) is 8.88. The Bertz CT molecular complexity index is 453. The van der Waals surface area contributed by atoms with Crippen molar-refractivity contribution in [2.45, 2.75) is 12.5 Å². The van der Waals surface area contributed by atoms with Crippen LogP contribution in [0.3, 0.4) is 0 Å². The standard InChI is InChI=1S/C10H13N3O3/c1-3-4-7(10(15)16)12-8-9(14)13(2)6-5-11-8/h3,5-7H,1,4H2,2H3,(H,11,12)(H,15,16). The number of aryl methyl sites for hydroxylation is 1. The van der Waals surface area contributed by atoms with Gasteiger partial charge in [-0.25, -0.2) is 9.78 Å². The van der Waals surface area contributed by atoms with Crippen molar-refractivity contribution in [2.75, 3.05) is 5.32 Å². The van der Waals surface area contributed by atoms with Gasteiger partial charge in [0, 0.05) is 19.4 Å². The van der Waals surface area contributed by atoms with Gasteiger partial charge in [0.1, 0.15) is 6.04 Å². The lowest BCUT2D eigenvalue weighted by molar-refractivity contribution is -0.137. The summed E-state index contributed by atoms with van der Waals surface area (Å²) in [6, 6.07) is -0.889. The molecule has 0 aliphatic heterocycles. The van der Waals surface area contributed by atoms with Crippen LogP contribution in [0.2, 0.25) is 0 Å². The fraction of sp³-hybridized carbons (Fsp3) is 0.300. The summed E-state index contributed by atoms with van der Waals surface area (Å²) in [6.07, 6.45) is 4.61. The third-order valence-corrected chi connectivity index (χ3v) is 2.03. The van der Waals surface area contributed by atoms with E-state index < -0.39 is 12.0 Å². The van der Waals surface area contributed by atoms with Gasteiger partial charge in [-0.15, -0.1) is 6.58 Å². The molecule has 0 radical (unpaired) electrons. The van der Waals surface area contributed by atoms with E-state index in [0.717, 1.165) is 0 Å². The Kier molecular flexibility index (Phi) is 3.82. The van der Waals surface area contributed by atoms with Crippen LogP contribution in [0.4, 0.5) is 5.82 Å². The molecule has 1 atom stereocenters. The highest BCUT2D eigenvalue weighted by molar-refractivity contribution is 5.76. The predicted molar refractivity (Wildman–Crippen MR) is 59.3 cm³/mol. The van der Waals surface area contributed by atoms with Crippen LogP contribution in [-0.2, 0) is 11.8 Å². The van der Waals surface area contributed by atoms with E-state index >= 15 is 0 Å². The Balaban J connectivity index is 2.93. The lowest BCUT2D eigenvalue weighted by Crippen LogP contribution is -2.33. The smallest absolute Gasteiger partial charge is 0.326 e. The molecule has 0 saturated heterocycles. The second-order valence-corrected chi connectivity index (χ2v) is 3.25. The minimum absolute atomic E-state index is 0.0271. The third-order valence-electron chi connectivity index (χ3n) is 2.03. The van der Waals surface area contributed by atoms with Crippen molar-refractivity contribution < 1.29 is 9.90 Å². The first-order valence-electron chi connectivity index (χ1n) is 4.68. The van der Waals surface area contributed by atoms with Gasteiger partial charge >= 0.3 is 5.97 Å². The van der Waals surface area contributed by atoms with E-state index in [0.29, 0.717) is 0 Å². The van der Waals surface area contributed by atoms with E-state index in [1.165, 1.54) is 23.0 Å². The number of rotatable bonds is 5. The average Bonchev–Trinajstić information content (AvgIpc) is 2.23. The van der Waals surface area contributed by atoms with E-state index in [4.69, 9.17) is 5.11 Å². The largest absolute Gasteiger partial charge is 0.480 e. The summed E-state index contributed by atoms with van der Waals surface area (Å²) in [5.74, 6) is -1.02. The Morgan fingerprint density at radius 1 is 1.81 bits per heavy atom. The molecule has 0 saturated carbocycles. The molecule has 1 rings (SSSR count).